The third kappa shape index (κ3) is 10.3. The first-order valence-electron chi connectivity index (χ1n) is 7.78. The number of aryl methyl sites for hydroxylation is 1. The van der Waals surface area contributed by atoms with E-state index in [4.69, 9.17) is 16.3 Å². The maximum absolute atomic E-state index is 11.0. The molecule has 0 unspecified atom stereocenters. The van der Waals surface area contributed by atoms with E-state index in [2.05, 4.69) is 10.3 Å². The molecule has 25 heavy (non-hydrogen) atoms. The second-order valence-electron chi connectivity index (χ2n) is 5.59. The van der Waals surface area contributed by atoms with Gasteiger partial charge in [0.25, 0.3) is 0 Å². The number of ether oxygens (including phenoxy) is 1. The van der Waals surface area contributed by atoms with Crippen molar-refractivity contribution in [3.8, 4) is 0 Å². The van der Waals surface area contributed by atoms with Gasteiger partial charge in [0.15, 0.2) is 5.96 Å². The summed E-state index contributed by atoms with van der Waals surface area (Å²) in [6.45, 7) is 4.47. The van der Waals surface area contributed by atoms with Crippen molar-refractivity contribution in [2.45, 2.75) is 13.5 Å². The van der Waals surface area contributed by atoms with E-state index in [1.165, 1.54) is 6.26 Å². The predicted octanol–water partition coefficient (Wildman–Crippen LogP) is 1.76. The SMILES string of the molecule is CCNC(=NCCOCCS(C)(=O)=O)N(C)Cc1cc(Cl)cn1C.I. The summed E-state index contributed by atoms with van der Waals surface area (Å²) in [6, 6.07) is 1.93. The normalized spacial score (nSPS) is 12.0. The lowest BCUT2D eigenvalue weighted by molar-refractivity contribution is 0.157. The summed E-state index contributed by atoms with van der Waals surface area (Å²) in [6.07, 6.45) is 3.06. The van der Waals surface area contributed by atoms with Crippen LogP contribution >= 0.6 is 35.6 Å². The molecule has 0 radical (unpaired) electrons. The lowest BCUT2D eigenvalue weighted by Gasteiger charge is -2.22. The van der Waals surface area contributed by atoms with Gasteiger partial charge < -0.3 is 19.5 Å². The van der Waals surface area contributed by atoms with Crippen molar-refractivity contribution in [1.82, 2.24) is 14.8 Å². The molecular formula is C15H28ClIN4O3S. The first-order valence-corrected chi connectivity index (χ1v) is 10.2. The van der Waals surface area contributed by atoms with Crippen LogP contribution < -0.4 is 5.32 Å². The molecule has 1 N–H and O–H groups in total. The van der Waals surface area contributed by atoms with Gasteiger partial charge in [0.05, 0.1) is 37.1 Å². The monoisotopic (exact) mass is 506 g/mol. The van der Waals surface area contributed by atoms with Gasteiger partial charge in [-0.15, -0.1) is 24.0 Å². The van der Waals surface area contributed by atoms with Crippen LogP contribution in [0, 0.1) is 0 Å². The highest BCUT2D eigenvalue weighted by Crippen LogP contribution is 2.14. The second kappa shape index (κ2) is 12.0. The standard InChI is InChI=1S/C15H27ClN4O3S.HI/c1-5-17-15(18-6-7-23-8-9-24(4,21)22)20(3)12-14-10-13(16)11-19(14)2;/h10-11H,5-9,12H2,1-4H3,(H,17,18);1H. The van der Waals surface area contributed by atoms with Crippen LogP contribution in [0.1, 0.15) is 12.6 Å². The Kier molecular flexibility index (Phi) is 11.7. The minimum Gasteiger partial charge on any atom is -0.378 e. The van der Waals surface area contributed by atoms with E-state index in [0.29, 0.717) is 24.7 Å². The van der Waals surface area contributed by atoms with Gasteiger partial charge in [0.1, 0.15) is 9.84 Å². The van der Waals surface area contributed by atoms with Crippen molar-refractivity contribution < 1.29 is 13.2 Å². The van der Waals surface area contributed by atoms with Crippen LogP contribution in [-0.4, -0.2) is 69.2 Å². The Morgan fingerprint density at radius 3 is 2.64 bits per heavy atom. The first-order chi connectivity index (χ1) is 11.2. The Bertz CT molecular complexity index is 649. The fourth-order valence-corrected chi connectivity index (χ4v) is 2.73. The first kappa shape index (κ1) is 24.5. The highest BCUT2D eigenvalue weighted by atomic mass is 127. The molecule has 0 fully saturated rings. The number of guanidine groups is 1. The van der Waals surface area contributed by atoms with Gasteiger partial charge in [-0.05, 0) is 13.0 Å². The van der Waals surface area contributed by atoms with E-state index in [9.17, 15) is 8.42 Å². The Hall–Kier alpha value is -0.520. The lowest BCUT2D eigenvalue weighted by Crippen LogP contribution is -2.39. The number of sulfone groups is 1. The van der Waals surface area contributed by atoms with Crippen LogP contribution in [0.2, 0.25) is 5.02 Å². The fourth-order valence-electron chi connectivity index (χ4n) is 2.04. The molecule has 146 valence electrons. The summed E-state index contributed by atoms with van der Waals surface area (Å²) in [5.41, 5.74) is 1.08. The summed E-state index contributed by atoms with van der Waals surface area (Å²) in [5.74, 6) is 0.798. The highest BCUT2D eigenvalue weighted by molar-refractivity contribution is 14.0. The molecule has 7 nitrogen and oxygen atoms in total. The summed E-state index contributed by atoms with van der Waals surface area (Å²) in [5, 5.41) is 3.94. The Labute approximate surface area is 172 Å². The Balaban J connectivity index is 0.00000576. The molecule has 0 aliphatic rings. The fraction of sp³-hybridized carbons (Fsp3) is 0.667. The van der Waals surface area contributed by atoms with Crippen LogP contribution in [0.5, 0.6) is 0 Å². The minimum atomic E-state index is -2.98. The molecule has 1 rings (SSSR count). The van der Waals surface area contributed by atoms with E-state index >= 15 is 0 Å². The number of aromatic nitrogens is 1. The summed E-state index contributed by atoms with van der Waals surface area (Å²) < 4.78 is 29.3. The third-order valence-corrected chi connectivity index (χ3v) is 4.38. The molecule has 0 saturated carbocycles. The molecular weight excluding hydrogens is 479 g/mol. The van der Waals surface area contributed by atoms with Gasteiger partial charge in [-0.3, -0.25) is 4.99 Å². The lowest BCUT2D eigenvalue weighted by atomic mass is 10.4. The average Bonchev–Trinajstić information content (AvgIpc) is 2.78. The number of aliphatic imine (C=N–C) groups is 1. The van der Waals surface area contributed by atoms with E-state index in [1.807, 2.05) is 42.7 Å². The third-order valence-electron chi connectivity index (χ3n) is 3.27. The zero-order valence-electron chi connectivity index (χ0n) is 15.2. The summed E-state index contributed by atoms with van der Waals surface area (Å²) >= 11 is 6.01. The average molecular weight is 507 g/mol. The maximum atomic E-state index is 11.0. The molecule has 0 amide bonds. The molecule has 10 heteroatoms. The molecule has 0 spiro atoms. The summed E-state index contributed by atoms with van der Waals surface area (Å²) in [7, 11) is 0.924. The molecule has 0 aliphatic carbocycles. The molecule has 1 aromatic rings. The number of hydrogen-bond donors (Lipinski definition) is 1. The van der Waals surface area contributed by atoms with E-state index in [1.54, 1.807) is 0 Å². The van der Waals surface area contributed by atoms with Crippen LogP contribution in [0.15, 0.2) is 17.3 Å². The van der Waals surface area contributed by atoms with Gasteiger partial charge in [0, 0.05) is 38.8 Å². The van der Waals surface area contributed by atoms with Gasteiger partial charge in [-0.1, -0.05) is 11.6 Å². The van der Waals surface area contributed by atoms with Crippen LogP contribution in [0.3, 0.4) is 0 Å². The molecule has 1 aromatic heterocycles. The van der Waals surface area contributed by atoms with Gasteiger partial charge in [0.2, 0.25) is 0 Å². The minimum absolute atomic E-state index is 0. The summed E-state index contributed by atoms with van der Waals surface area (Å²) in [4.78, 5) is 6.50. The topological polar surface area (TPSA) is 75.9 Å². The second-order valence-corrected chi connectivity index (χ2v) is 8.29. The quantitative estimate of drug-likeness (QED) is 0.239. The van der Waals surface area contributed by atoms with Crippen LogP contribution in [-0.2, 0) is 28.2 Å². The van der Waals surface area contributed by atoms with Crippen LogP contribution in [0.4, 0.5) is 0 Å². The predicted molar refractivity (Wildman–Crippen MR) is 114 cm³/mol. The van der Waals surface area contributed by atoms with E-state index in [-0.39, 0.29) is 36.3 Å². The van der Waals surface area contributed by atoms with Crippen molar-refractivity contribution >= 4 is 51.4 Å². The Morgan fingerprint density at radius 1 is 1.44 bits per heavy atom. The van der Waals surface area contributed by atoms with Crippen molar-refractivity contribution in [1.29, 1.82) is 0 Å². The number of nitrogens with zero attached hydrogens (tertiary/aromatic N) is 3. The van der Waals surface area contributed by atoms with Crippen molar-refractivity contribution in [3.63, 3.8) is 0 Å². The van der Waals surface area contributed by atoms with E-state index in [0.717, 1.165) is 18.2 Å². The molecule has 1 heterocycles. The molecule has 0 aliphatic heterocycles. The van der Waals surface area contributed by atoms with Crippen molar-refractivity contribution in [2.24, 2.45) is 12.0 Å². The molecule has 0 aromatic carbocycles. The van der Waals surface area contributed by atoms with Gasteiger partial charge in [-0.2, -0.15) is 0 Å². The van der Waals surface area contributed by atoms with Crippen LogP contribution in [0.25, 0.3) is 0 Å². The number of halogens is 2. The largest absolute Gasteiger partial charge is 0.378 e. The highest BCUT2D eigenvalue weighted by Gasteiger charge is 2.09. The Morgan fingerprint density at radius 2 is 2.12 bits per heavy atom. The molecule has 0 saturated heterocycles. The van der Waals surface area contributed by atoms with E-state index < -0.39 is 9.84 Å². The number of rotatable bonds is 9. The molecule has 0 atom stereocenters. The van der Waals surface area contributed by atoms with Crippen molar-refractivity contribution in [2.75, 3.05) is 45.4 Å². The van der Waals surface area contributed by atoms with Crippen molar-refractivity contribution in [3.05, 3.63) is 23.0 Å². The maximum Gasteiger partial charge on any atom is 0.194 e. The zero-order chi connectivity index (χ0) is 18.2. The zero-order valence-corrected chi connectivity index (χ0v) is 19.1. The van der Waals surface area contributed by atoms with Gasteiger partial charge >= 0.3 is 0 Å². The van der Waals surface area contributed by atoms with Gasteiger partial charge in [-0.25, -0.2) is 8.42 Å². The smallest absolute Gasteiger partial charge is 0.194 e. The number of hydrogen-bond acceptors (Lipinski definition) is 4. The molecule has 0 bridgehead atoms. The number of nitrogens with one attached hydrogen (secondary N) is 1.